The minimum absolute atomic E-state index is 0.00128. The van der Waals surface area contributed by atoms with Crippen LogP contribution in [0.4, 0.5) is 0 Å². The highest BCUT2D eigenvalue weighted by Crippen LogP contribution is 2.22. The summed E-state index contributed by atoms with van der Waals surface area (Å²) in [6.45, 7) is 4.41. The highest BCUT2D eigenvalue weighted by atomic mass is 16.1. The van der Waals surface area contributed by atoms with Crippen LogP contribution in [0.3, 0.4) is 0 Å². The largest absolute Gasteiger partial charge is 0.300 e. The summed E-state index contributed by atoms with van der Waals surface area (Å²) in [4.78, 5) is 24.2. The molecule has 0 N–H and O–H groups in total. The van der Waals surface area contributed by atoms with Crippen molar-refractivity contribution in [2.45, 2.75) is 90.9 Å². The lowest BCUT2D eigenvalue weighted by atomic mass is 9.90. The fraction of sp³-hybridized carbons (Fsp3) is 0.714. The summed E-state index contributed by atoms with van der Waals surface area (Å²) in [5, 5.41) is 0. The van der Waals surface area contributed by atoms with Crippen molar-refractivity contribution in [1.29, 1.82) is 0 Å². The molecule has 128 valence electrons. The second-order valence-corrected chi connectivity index (χ2v) is 6.98. The summed E-state index contributed by atoms with van der Waals surface area (Å²) in [5.41, 5.74) is 2.92. The monoisotopic (exact) mass is 316 g/mol. The Labute approximate surface area is 142 Å². The molecule has 0 amide bonds. The molecular formula is C21H32O2. The highest BCUT2D eigenvalue weighted by molar-refractivity contribution is 5.82. The molecule has 1 unspecified atom stereocenters. The molecule has 0 fully saturated rings. The molecule has 0 spiro atoms. The van der Waals surface area contributed by atoms with Gasteiger partial charge >= 0.3 is 0 Å². The van der Waals surface area contributed by atoms with Crippen molar-refractivity contribution in [3.63, 3.8) is 0 Å². The van der Waals surface area contributed by atoms with Crippen LogP contribution >= 0.6 is 0 Å². The maximum atomic E-state index is 12.3. The number of carbonyl (C=O) groups is 2. The van der Waals surface area contributed by atoms with Crippen molar-refractivity contribution in [3.8, 4) is 12.3 Å². The number of ketones is 2. The average molecular weight is 316 g/mol. The van der Waals surface area contributed by atoms with Gasteiger partial charge in [-0.25, -0.2) is 0 Å². The lowest BCUT2D eigenvalue weighted by molar-refractivity contribution is -0.123. The molecule has 0 saturated heterocycles. The third kappa shape index (κ3) is 8.16. The minimum atomic E-state index is 0.00128. The molecule has 0 bridgehead atoms. The Morgan fingerprint density at radius 1 is 0.870 bits per heavy atom. The first kappa shape index (κ1) is 19.7. The number of terminal acetylenes is 1. The molecule has 0 saturated carbocycles. The Hall–Kier alpha value is -1.36. The Morgan fingerprint density at radius 3 is 2.13 bits per heavy atom. The van der Waals surface area contributed by atoms with Crippen molar-refractivity contribution in [3.05, 3.63) is 11.1 Å². The van der Waals surface area contributed by atoms with Crippen LogP contribution in [0, 0.1) is 18.3 Å². The lowest BCUT2D eigenvalue weighted by Crippen LogP contribution is -2.14. The van der Waals surface area contributed by atoms with Crippen molar-refractivity contribution >= 4 is 11.6 Å². The Morgan fingerprint density at radius 2 is 1.48 bits per heavy atom. The third-order valence-electron chi connectivity index (χ3n) is 5.04. The summed E-state index contributed by atoms with van der Waals surface area (Å²) in [5.74, 6) is 3.20. The molecule has 1 rings (SSSR count). The zero-order chi connectivity index (χ0) is 17.1. The molecule has 1 atom stereocenters. The van der Waals surface area contributed by atoms with Gasteiger partial charge < -0.3 is 0 Å². The zero-order valence-electron chi connectivity index (χ0n) is 15.0. The van der Waals surface area contributed by atoms with Crippen molar-refractivity contribution < 1.29 is 9.59 Å². The maximum Gasteiger partial charge on any atom is 0.136 e. The molecule has 0 radical (unpaired) electrons. The van der Waals surface area contributed by atoms with Crippen LogP contribution in [0.2, 0.25) is 0 Å². The van der Waals surface area contributed by atoms with Gasteiger partial charge in [-0.15, -0.1) is 12.3 Å². The zero-order valence-corrected chi connectivity index (χ0v) is 15.0. The standard InChI is InChI=1S/C21H32O2/c1-4-10-19-13-7-5-6-11-17(2)18(3)12-8-14-20(22)15-9-16-21(19)23/h1,19H,5-16H2,2-3H3/b18-17-. The van der Waals surface area contributed by atoms with Crippen LogP contribution in [0.15, 0.2) is 11.1 Å². The third-order valence-corrected chi connectivity index (χ3v) is 5.04. The Bertz CT molecular complexity index is 465. The van der Waals surface area contributed by atoms with E-state index < -0.39 is 0 Å². The van der Waals surface area contributed by atoms with Crippen LogP contribution in [-0.4, -0.2) is 11.6 Å². The number of hydrogen-bond acceptors (Lipinski definition) is 2. The quantitative estimate of drug-likeness (QED) is 0.479. The lowest BCUT2D eigenvalue weighted by Gasteiger charge is -2.14. The molecule has 0 aromatic heterocycles. The predicted octanol–water partition coefficient (Wildman–Crippen LogP) is 5.41. The summed E-state index contributed by atoms with van der Waals surface area (Å²) in [6.07, 6.45) is 15.8. The number of rotatable bonds is 1. The first-order valence-corrected chi connectivity index (χ1v) is 9.17. The van der Waals surface area contributed by atoms with Crippen molar-refractivity contribution in [2.24, 2.45) is 5.92 Å². The second kappa shape index (κ2) is 11.2. The summed E-state index contributed by atoms with van der Waals surface area (Å²) < 4.78 is 0. The molecule has 0 aromatic carbocycles. The first-order chi connectivity index (χ1) is 11.0. The average Bonchev–Trinajstić information content (AvgIpc) is 2.52. The van der Waals surface area contributed by atoms with E-state index in [4.69, 9.17) is 6.42 Å². The van der Waals surface area contributed by atoms with Crippen LogP contribution in [0.1, 0.15) is 90.9 Å². The van der Waals surface area contributed by atoms with E-state index in [0.717, 1.165) is 38.5 Å². The number of hydrogen-bond donors (Lipinski definition) is 0. The molecule has 0 heterocycles. The van der Waals surface area contributed by atoms with E-state index in [1.807, 2.05) is 0 Å². The van der Waals surface area contributed by atoms with Gasteiger partial charge in [0.25, 0.3) is 0 Å². The van der Waals surface area contributed by atoms with Gasteiger partial charge in [-0.2, -0.15) is 0 Å². The number of allylic oxidation sites excluding steroid dienone is 2. The second-order valence-electron chi connectivity index (χ2n) is 6.98. The van der Waals surface area contributed by atoms with E-state index in [2.05, 4.69) is 19.8 Å². The van der Waals surface area contributed by atoms with E-state index in [1.54, 1.807) is 0 Å². The van der Waals surface area contributed by atoms with Gasteiger partial charge in [0.2, 0.25) is 0 Å². The van der Waals surface area contributed by atoms with E-state index in [1.165, 1.54) is 17.6 Å². The van der Waals surface area contributed by atoms with Gasteiger partial charge in [-0.1, -0.05) is 24.0 Å². The number of carbonyl (C=O) groups excluding carboxylic acids is 2. The van der Waals surface area contributed by atoms with Crippen LogP contribution < -0.4 is 0 Å². The summed E-state index contributed by atoms with van der Waals surface area (Å²) in [7, 11) is 0. The Balaban J connectivity index is 2.64. The summed E-state index contributed by atoms with van der Waals surface area (Å²) >= 11 is 0. The van der Waals surface area contributed by atoms with Gasteiger partial charge in [0.1, 0.15) is 11.6 Å². The molecule has 1 aliphatic carbocycles. The molecular weight excluding hydrogens is 284 g/mol. The smallest absolute Gasteiger partial charge is 0.136 e. The van der Waals surface area contributed by atoms with Crippen LogP contribution in [0.5, 0.6) is 0 Å². The van der Waals surface area contributed by atoms with Gasteiger partial charge in [0, 0.05) is 31.6 Å². The topological polar surface area (TPSA) is 34.1 Å². The van der Waals surface area contributed by atoms with E-state index in [0.29, 0.717) is 37.9 Å². The fourth-order valence-corrected chi connectivity index (χ4v) is 3.24. The van der Waals surface area contributed by atoms with Crippen LogP contribution in [0.25, 0.3) is 0 Å². The molecule has 2 nitrogen and oxygen atoms in total. The van der Waals surface area contributed by atoms with Gasteiger partial charge in [-0.3, -0.25) is 9.59 Å². The van der Waals surface area contributed by atoms with Gasteiger partial charge in [0.05, 0.1) is 0 Å². The maximum absolute atomic E-state index is 12.3. The molecule has 23 heavy (non-hydrogen) atoms. The van der Waals surface area contributed by atoms with Gasteiger partial charge in [0.15, 0.2) is 0 Å². The van der Waals surface area contributed by atoms with E-state index in [9.17, 15) is 9.59 Å². The van der Waals surface area contributed by atoms with Gasteiger partial charge in [-0.05, 0) is 52.4 Å². The fourth-order valence-electron chi connectivity index (χ4n) is 3.24. The Kier molecular flexibility index (Phi) is 9.60. The normalized spacial score (nSPS) is 26.7. The predicted molar refractivity (Wildman–Crippen MR) is 96.1 cm³/mol. The molecule has 0 aromatic rings. The van der Waals surface area contributed by atoms with Crippen LogP contribution in [-0.2, 0) is 9.59 Å². The van der Waals surface area contributed by atoms with Crippen molar-refractivity contribution in [1.82, 2.24) is 0 Å². The molecule has 0 aliphatic heterocycles. The number of Topliss-reactive ketones (excluding diaryl/α,β-unsaturated/α-hetero) is 2. The highest BCUT2D eigenvalue weighted by Gasteiger charge is 2.17. The van der Waals surface area contributed by atoms with Crippen molar-refractivity contribution in [2.75, 3.05) is 0 Å². The first-order valence-electron chi connectivity index (χ1n) is 9.17. The SMILES string of the molecule is C#CCC1CCCCC/C(C)=C(/C)CCCC(=O)CCCC1=O. The molecule has 2 heteroatoms. The molecule has 1 aliphatic rings. The van der Waals surface area contributed by atoms with E-state index in [-0.39, 0.29) is 11.7 Å². The minimum Gasteiger partial charge on any atom is -0.300 e. The van der Waals surface area contributed by atoms with E-state index >= 15 is 0 Å². The summed E-state index contributed by atoms with van der Waals surface area (Å²) in [6, 6.07) is 0.